The summed E-state index contributed by atoms with van der Waals surface area (Å²) >= 11 is 1.48. The molecule has 1 fully saturated rings. The van der Waals surface area contributed by atoms with Crippen molar-refractivity contribution in [3.05, 3.63) is 34.2 Å². The van der Waals surface area contributed by atoms with Crippen LogP contribution < -0.4 is 10.6 Å². The van der Waals surface area contributed by atoms with E-state index in [9.17, 15) is 10.1 Å². The first kappa shape index (κ1) is 29.9. The molecule has 3 aromatic heterocycles. The van der Waals surface area contributed by atoms with E-state index in [0.717, 1.165) is 68.7 Å². The standard InChI is InChI=1S/C29H38N8O4S/c1-4-40-23(38)18-39-15-7-13-36-12-6-14-37(19(2)17-36)28-32-11-9-21(33-28)26-34-27(41-35-26)29(3)10-5-8-22-24(29)20(16-30)25(31)42-22/h9,11,19H,4-8,10,12-15,17-18,31H2,1-3H3/t19-,29-/m0/s1. The second-order valence-electron chi connectivity index (χ2n) is 11.0. The van der Waals surface area contributed by atoms with Crippen LogP contribution in [0.5, 0.6) is 0 Å². The summed E-state index contributed by atoms with van der Waals surface area (Å²) in [6.07, 6.45) is 6.19. The summed E-state index contributed by atoms with van der Waals surface area (Å²) in [5, 5.41) is 14.6. The molecule has 12 nitrogen and oxygen atoms in total. The van der Waals surface area contributed by atoms with Gasteiger partial charge in [0.05, 0.1) is 17.6 Å². The Labute approximate surface area is 249 Å². The molecule has 3 aromatic rings. The largest absolute Gasteiger partial charge is 0.464 e. The van der Waals surface area contributed by atoms with E-state index in [-0.39, 0.29) is 18.6 Å². The second kappa shape index (κ2) is 13.1. The minimum Gasteiger partial charge on any atom is -0.464 e. The van der Waals surface area contributed by atoms with Crippen LogP contribution in [0.4, 0.5) is 10.9 Å². The predicted molar refractivity (Wildman–Crippen MR) is 158 cm³/mol. The number of carbonyl (C=O) groups is 1. The molecule has 1 aliphatic carbocycles. The summed E-state index contributed by atoms with van der Waals surface area (Å²) in [4.78, 5) is 31.4. The lowest BCUT2D eigenvalue weighted by atomic mass is 9.72. The van der Waals surface area contributed by atoms with E-state index < -0.39 is 5.41 Å². The monoisotopic (exact) mass is 594 g/mol. The van der Waals surface area contributed by atoms with Crippen molar-refractivity contribution in [1.82, 2.24) is 25.0 Å². The average Bonchev–Trinajstić information content (AvgIpc) is 3.56. The van der Waals surface area contributed by atoms with Crippen molar-refractivity contribution in [2.45, 2.75) is 64.3 Å². The number of nitriles is 1. The molecule has 5 rings (SSSR count). The Balaban J connectivity index is 1.25. The van der Waals surface area contributed by atoms with Gasteiger partial charge < -0.3 is 29.5 Å². The van der Waals surface area contributed by atoms with Gasteiger partial charge in [-0.25, -0.2) is 14.8 Å². The van der Waals surface area contributed by atoms with Crippen molar-refractivity contribution < 1.29 is 18.8 Å². The maximum Gasteiger partial charge on any atom is 0.332 e. The van der Waals surface area contributed by atoms with Crippen LogP contribution >= 0.6 is 11.3 Å². The lowest BCUT2D eigenvalue weighted by molar-refractivity contribution is -0.148. The van der Waals surface area contributed by atoms with E-state index in [2.05, 4.69) is 39.9 Å². The number of rotatable bonds is 10. The maximum atomic E-state index is 11.4. The number of anilines is 2. The number of ether oxygens (including phenoxy) is 2. The summed E-state index contributed by atoms with van der Waals surface area (Å²) in [5.74, 6) is 1.18. The lowest BCUT2D eigenvalue weighted by Crippen LogP contribution is -2.40. The number of carbonyl (C=O) groups excluding carboxylic acids is 1. The number of nitrogen functional groups attached to an aromatic ring is 1. The van der Waals surface area contributed by atoms with Crippen molar-refractivity contribution in [3.63, 3.8) is 0 Å². The molecule has 0 spiro atoms. The number of nitrogens with zero attached hydrogens (tertiary/aromatic N) is 7. The highest BCUT2D eigenvalue weighted by atomic mass is 32.1. The molecular formula is C29H38N8O4S. The Morgan fingerprint density at radius 3 is 3.00 bits per heavy atom. The lowest BCUT2D eigenvalue weighted by Gasteiger charge is -2.30. The molecule has 2 N–H and O–H groups in total. The summed E-state index contributed by atoms with van der Waals surface area (Å²) in [5.41, 5.74) is 7.64. The van der Waals surface area contributed by atoms with E-state index in [4.69, 9.17) is 29.7 Å². The number of fused-ring (bicyclic) bond motifs is 1. The third-order valence-electron chi connectivity index (χ3n) is 8.00. The molecule has 13 heteroatoms. The minimum absolute atomic E-state index is 0.00261. The normalized spacial score (nSPS) is 21.0. The van der Waals surface area contributed by atoms with Crippen molar-refractivity contribution >= 4 is 28.3 Å². The van der Waals surface area contributed by atoms with Gasteiger partial charge >= 0.3 is 5.97 Å². The highest BCUT2D eigenvalue weighted by Crippen LogP contribution is 2.48. The first-order chi connectivity index (χ1) is 20.3. The number of thiophene rings is 1. The topological polar surface area (TPSA) is 157 Å². The molecule has 42 heavy (non-hydrogen) atoms. The van der Waals surface area contributed by atoms with Crippen LogP contribution in [0.2, 0.25) is 0 Å². The molecule has 0 saturated carbocycles. The summed E-state index contributed by atoms with van der Waals surface area (Å²) < 4.78 is 16.2. The molecule has 2 atom stereocenters. The summed E-state index contributed by atoms with van der Waals surface area (Å²) in [6.45, 7) is 10.4. The Hall–Kier alpha value is -3.60. The first-order valence-corrected chi connectivity index (χ1v) is 15.4. The minimum atomic E-state index is -0.583. The van der Waals surface area contributed by atoms with Crippen molar-refractivity contribution in [3.8, 4) is 17.6 Å². The third-order valence-corrected chi connectivity index (χ3v) is 9.07. The molecule has 0 bridgehead atoms. The van der Waals surface area contributed by atoms with Gasteiger partial charge in [-0.05, 0) is 65.5 Å². The van der Waals surface area contributed by atoms with Crippen LogP contribution in [0.1, 0.15) is 68.3 Å². The van der Waals surface area contributed by atoms with Crippen LogP contribution in [-0.4, -0.2) is 83.0 Å². The smallest absolute Gasteiger partial charge is 0.332 e. The van der Waals surface area contributed by atoms with Crippen molar-refractivity contribution in [1.29, 1.82) is 5.26 Å². The summed E-state index contributed by atoms with van der Waals surface area (Å²) in [7, 11) is 0. The van der Waals surface area contributed by atoms with Gasteiger partial charge in [-0.1, -0.05) is 5.16 Å². The predicted octanol–water partition coefficient (Wildman–Crippen LogP) is 3.55. The second-order valence-corrected chi connectivity index (χ2v) is 12.1. The molecule has 1 saturated heterocycles. The first-order valence-electron chi connectivity index (χ1n) is 14.6. The van der Waals surface area contributed by atoms with Crippen molar-refractivity contribution in [2.24, 2.45) is 0 Å². The van der Waals surface area contributed by atoms with Gasteiger partial charge in [0.15, 0.2) is 0 Å². The van der Waals surface area contributed by atoms with Crippen LogP contribution in [0.15, 0.2) is 16.8 Å². The van der Waals surface area contributed by atoms with Gasteiger partial charge in [-0.15, -0.1) is 11.3 Å². The van der Waals surface area contributed by atoms with Crippen molar-refractivity contribution in [2.75, 3.05) is 56.6 Å². The van der Waals surface area contributed by atoms with Gasteiger partial charge in [-0.2, -0.15) is 10.2 Å². The van der Waals surface area contributed by atoms with E-state index in [1.807, 2.05) is 0 Å². The van der Waals surface area contributed by atoms with Crippen LogP contribution in [0, 0.1) is 11.3 Å². The number of aryl methyl sites for hydroxylation is 1. The molecule has 4 heterocycles. The Morgan fingerprint density at radius 1 is 1.33 bits per heavy atom. The molecular weight excluding hydrogens is 556 g/mol. The Kier molecular flexibility index (Phi) is 9.35. The van der Waals surface area contributed by atoms with E-state index in [1.54, 1.807) is 19.2 Å². The summed E-state index contributed by atoms with van der Waals surface area (Å²) in [6, 6.07) is 4.28. The van der Waals surface area contributed by atoms with Gasteiger partial charge in [0.25, 0.3) is 0 Å². The van der Waals surface area contributed by atoms with Crippen LogP contribution in [0.3, 0.4) is 0 Å². The van der Waals surface area contributed by atoms with E-state index in [0.29, 0.717) is 47.1 Å². The van der Waals surface area contributed by atoms with E-state index in [1.165, 1.54) is 11.3 Å². The fourth-order valence-corrected chi connectivity index (χ4v) is 7.16. The number of hydrogen-bond acceptors (Lipinski definition) is 13. The zero-order valence-corrected chi connectivity index (χ0v) is 25.3. The van der Waals surface area contributed by atoms with Gasteiger partial charge in [0, 0.05) is 48.9 Å². The molecule has 2 aliphatic rings. The number of hydrogen-bond donors (Lipinski definition) is 1. The van der Waals surface area contributed by atoms with Gasteiger partial charge in [-0.3, -0.25) is 0 Å². The SMILES string of the molecule is CCOC(=O)COCCCN1CCCN(c2nccc(-c3noc([C@@]4(C)CCCc5sc(N)c(C#N)c54)n3)n2)[C@@H](C)C1. The average molecular weight is 595 g/mol. The fourth-order valence-electron chi connectivity index (χ4n) is 5.97. The third kappa shape index (κ3) is 6.25. The van der Waals surface area contributed by atoms with Crippen LogP contribution in [0.25, 0.3) is 11.5 Å². The fraction of sp³-hybridized carbons (Fsp3) is 0.586. The molecule has 0 unspecified atom stereocenters. The molecule has 0 amide bonds. The Morgan fingerprint density at radius 2 is 2.19 bits per heavy atom. The highest BCUT2D eigenvalue weighted by Gasteiger charge is 2.43. The molecule has 1 aliphatic heterocycles. The highest BCUT2D eigenvalue weighted by molar-refractivity contribution is 7.16. The van der Waals surface area contributed by atoms with Gasteiger partial charge in [0.2, 0.25) is 17.7 Å². The quantitative estimate of drug-likeness (QED) is 0.269. The zero-order valence-electron chi connectivity index (χ0n) is 24.5. The zero-order chi connectivity index (χ0) is 29.7. The molecule has 224 valence electrons. The van der Waals surface area contributed by atoms with Crippen LogP contribution in [-0.2, 0) is 26.1 Å². The van der Waals surface area contributed by atoms with Gasteiger partial charge in [0.1, 0.15) is 23.4 Å². The molecule has 0 aromatic carbocycles. The number of aromatic nitrogens is 4. The van der Waals surface area contributed by atoms with E-state index >= 15 is 0 Å². The molecule has 0 radical (unpaired) electrons. The number of nitrogens with two attached hydrogens (primary N) is 1. The maximum absolute atomic E-state index is 11.4. The Bertz CT molecular complexity index is 1440. The number of esters is 1.